The van der Waals surface area contributed by atoms with Crippen molar-refractivity contribution in [1.82, 2.24) is 5.32 Å². The second kappa shape index (κ2) is 11.0. The van der Waals surface area contributed by atoms with Crippen LogP contribution < -0.4 is 14.8 Å². The van der Waals surface area contributed by atoms with Crippen molar-refractivity contribution in [3.8, 4) is 11.5 Å². The maximum Gasteiger partial charge on any atom is 0.338 e. The normalized spacial score (nSPS) is 11.4. The molecule has 1 atom stereocenters. The van der Waals surface area contributed by atoms with Gasteiger partial charge in [0.15, 0.2) is 18.1 Å². The molecule has 0 aromatic heterocycles. The van der Waals surface area contributed by atoms with Crippen LogP contribution >= 0.6 is 0 Å². The molecule has 0 saturated heterocycles. The lowest BCUT2D eigenvalue weighted by molar-refractivity contribution is -0.124. The number of methoxy groups -OCH3 is 1. The summed E-state index contributed by atoms with van der Waals surface area (Å²) in [5.41, 5.74) is 1.52. The molecule has 2 aromatic rings. The highest BCUT2D eigenvalue weighted by atomic mass is 16.5. The minimum Gasteiger partial charge on any atom is -0.493 e. The van der Waals surface area contributed by atoms with Gasteiger partial charge in [-0.2, -0.15) is 0 Å². The van der Waals surface area contributed by atoms with Crippen molar-refractivity contribution in [2.24, 2.45) is 0 Å². The van der Waals surface area contributed by atoms with Gasteiger partial charge in [-0.05, 0) is 50.5 Å². The SMILES string of the molecule is CCOc1cc(C(=O)OCC(=O)N[C@@H](C)CCc2ccccc2)ccc1OC. The monoisotopic (exact) mass is 385 g/mol. The van der Waals surface area contributed by atoms with Gasteiger partial charge in [0.05, 0.1) is 19.3 Å². The first kappa shape index (κ1) is 21.3. The fraction of sp³-hybridized carbons (Fsp3) is 0.364. The molecule has 0 aliphatic heterocycles. The zero-order valence-corrected chi connectivity index (χ0v) is 16.6. The summed E-state index contributed by atoms with van der Waals surface area (Å²) in [6, 6.07) is 14.8. The number of carbonyl (C=O) groups excluding carboxylic acids is 2. The third kappa shape index (κ3) is 6.61. The highest BCUT2D eigenvalue weighted by Gasteiger charge is 2.15. The first-order valence-corrected chi connectivity index (χ1v) is 9.34. The lowest BCUT2D eigenvalue weighted by atomic mass is 10.1. The van der Waals surface area contributed by atoms with Gasteiger partial charge in [-0.3, -0.25) is 4.79 Å². The van der Waals surface area contributed by atoms with Crippen LogP contribution in [0.25, 0.3) is 0 Å². The molecular formula is C22H27NO5. The van der Waals surface area contributed by atoms with Gasteiger partial charge in [0.2, 0.25) is 0 Å². The van der Waals surface area contributed by atoms with Gasteiger partial charge in [-0.15, -0.1) is 0 Å². The Morgan fingerprint density at radius 1 is 1.07 bits per heavy atom. The minimum absolute atomic E-state index is 0.0167. The first-order valence-electron chi connectivity index (χ1n) is 9.34. The van der Waals surface area contributed by atoms with Crippen molar-refractivity contribution in [2.45, 2.75) is 32.7 Å². The van der Waals surface area contributed by atoms with Crippen LogP contribution in [0.1, 0.15) is 36.2 Å². The number of benzene rings is 2. The quantitative estimate of drug-likeness (QED) is 0.635. The van der Waals surface area contributed by atoms with Crippen molar-refractivity contribution in [1.29, 1.82) is 0 Å². The number of carbonyl (C=O) groups is 2. The summed E-state index contributed by atoms with van der Waals surface area (Å²) in [5.74, 6) is 0.0740. The Morgan fingerprint density at radius 3 is 2.50 bits per heavy atom. The lowest BCUT2D eigenvalue weighted by Crippen LogP contribution is -2.36. The van der Waals surface area contributed by atoms with Crippen molar-refractivity contribution < 1.29 is 23.8 Å². The first-order chi connectivity index (χ1) is 13.5. The minimum atomic E-state index is -0.587. The van der Waals surface area contributed by atoms with Crippen molar-refractivity contribution in [2.75, 3.05) is 20.3 Å². The molecule has 2 rings (SSSR count). The molecule has 0 unspecified atom stereocenters. The molecule has 0 aliphatic carbocycles. The molecule has 0 fully saturated rings. The summed E-state index contributed by atoms with van der Waals surface area (Å²) in [7, 11) is 1.53. The third-order valence-electron chi connectivity index (χ3n) is 4.15. The van der Waals surface area contributed by atoms with E-state index in [2.05, 4.69) is 17.4 Å². The third-order valence-corrected chi connectivity index (χ3v) is 4.15. The number of hydrogen-bond acceptors (Lipinski definition) is 5. The molecule has 2 aromatic carbocycles. The second-order valence-electron chi connectivity index (χ2n) is 6.37. The zero-order chi connectivity index (χ0) is 20.4. The largest absolute Gasteiger partial charge is 0.493 e. The molecule has 1 amide bonds. The van der Waals surface area contributed by atoms with E-state index in [-0.39, 0.29) is 18.6 Å². The van der Waals surface area contributed by atoms with E-state index in [0.717, 1.165) is 12.8 Å². The van der Waals surface area contributed by atoms with Gasteiger partial charge in [0.25, 0.3) is 5.91 Å². The van der Waals surface area contributed by atoms with Crippen molar-refractivity contribution in [3.63, 3.8) is 0 Å². The number of amides is 1. The molecule has 0 radical (unpaired) electrons. The Balaban J connectivity index is 1.80. The number of ether oxygens (including phenoxy) is 3. The van der Waals surface area contributed by atoms with Crippen LogP contribution in [0.15, 0.2) is 48.5 Å². The number of aryl methyl sites for hydroxylation is 1. The molecule has 0 spiro atoms. The summed E-state index contributed by atoms with van der Waals surface area (Å²) < 4.78 is 15.7. The maximum absolute atomic E-state index is 12.2. The van der Waals surface area contributed by atoms with Gasteiger partial charge in [-0.1, -0.05) is 30.3 Å². The fourth-order valence-electron chi connectivity index (χ4n) is 2.70. The Bertz CT molecular complexity index is 776. The predicted molar refractivity (Wildman–Crippen MR) is 107 cm³/mol. The Labute approximate surface area is 165 Å². The molecule has 6 nitrogen and oxygen atoms in total. The van der Waals surface area contributed by atoms with Gasteiger partial charge in [-0.25, -0.2) is 4.79 Å². The topological polar surface area (TPSA) is 73.9 Å². The van der Waals surface area contributed by atoms with Gasteiger partial charge < -0.3 is 19.5 Å². The van der Waals surface area contributed by atoms with E-state index >= 15 is 0 Å². The van der Waals surface area contributed by atoms with E-state index < -0.39 is 5.97 Å². The van der Waals surface area contributed by atoms with Crippen LogP contribution in [0, 0.1) is 0 Å². The standard InChI is InChI=1S/C22H27NO5/c1-4-27-20-14-18(12-13-19(20)26-3)22(25)28-15-21(24)23-16(2)10-11-17-8-6-5-7-9-17/h5-9,12-14,16H,4,10-11,15H2,1-3H3,(H,23,24)/t16-/m0/s1. The smallest absolute Gasteiger partial charge is 0.338 e. The van der Waals surface area contributed by atoms with E-state index in [1.165, 1.54) is 12.7 Å². The highest BCUT2D eigenvalue weighted by Crippen LogP contribution is 2.28. The van der Waals surface area contributed by atoms with Gasteiger partial charge >= 0.3 is 5.97 Å². The highest BCUT2D eigenvalue weighted by molar-refractivity contribution is 5.92. The van der Waals surface area contributed by atoms with Crippen LogP contribution in [0.3, 0.4) is 0 Å². The average molecular weight is 385 g/mol. The van der Waals surface area contributed by atoms with E-state index in [4.69, 9.17) is 14.2 Å². The van der Waals surface area contributed by atoms with Crippen LogP contribution in [-0.2, 0) is 16.0 Å². The van der Waals surface area contributed by atoms with Gasteiger partial charge in [0, 0.05) is 6.04 Å². The summed E-state index contributed by atoms with van der Waals surface area (Å²) in [4.78, 5) is 24.2. The zero-order valence-electron chi connectivity index (χ0n) is 16.6. The van der Waals surface area contributed by atoms with E-state index in [1.54, 1.807) is 18.2 Å². The average Bonchev–Trinajstić information content (AvgIpc) is 2.71. The van der Waals surface area contributed by atoms with E-state index in [1.807, 2.05) is 32.0 Å². The number of hydrogen-bond donors (Lipinski definition) is 1. The predicted octanol–water partition coefficient (Wildman–Crippen LogP) is 3.39. The van der Waals surface area contributed by atoms with E-state index in [9.17, 15) is 9.59 Å². The number of nitrogens with one attached hydrogen (secondary N) is 1. The number of esters is 1. The van der Waals surface area contributed by atoms with Crippen molar-refractivity contribution in [3.05, 3.63) is 59.7 Å². The van der Waals surface area contributed by atoms with Gasteiger partial charge in [0.1, 0.15) is 0 Å². The summed E-state index contributed by atoms with van der Waals surface area (Å²) in [6.07, 6.45) is 1.67. The van der Waals surface area contributed by atoms with Crippen LogP contribution in [0.4, 0.5) is 0 Å². The maximum atomic E-state index is 12.2. The summed E-state index contributed by atoms with van der Waals surface area (Å²) in [6.45, 7) is 3.89. The van der Waals surface area contributed by atoms with Crippen LogP contribution in [0.2, 0.25) is 0 Å². The fourth-order valence-corrected chi connectivity index (χ4v) is 2.70. The molecule has 0 aliphatic rings. The van der Waals surface area contributed by atoms with E-state index in [0.29, 0.717) is 23.7 Å². The summed E-state index contributed by atoms with van der Waals surface area (Å²) in [5, 5.41) is 2.85. The van der Waals surface area contributed by atoms with Crippen LogP contribution in [0.5, 0.6) is 11.5 Å². The number of rotatable bonds is 10. The molecule has 1 N–H and O–H groups in total. The Hall–Kier alpha value is -3.02. The Morgan fingerprint density at radius 2 is 1.82 bits per heavy atom. The summed E-state index contributed by atoms with van der Waals surface area (Å²) >= 11 is 0. The molecule has 150 valence electrons. The molecule has 0 heterocycles. The molecule has 28 heavy (non-hydrogen) atoms. The second-order valence-corrected chi connectivity index (χ2v) is 6.37. The molecular weight excluding hydrogens is 358 g/mol. The van der Waals surface area contributed by atoms with Crippen LogP contribution in [-0.4, -0.2) is 38.2 Å². The van der Waals surface area contributed by atoms with Crippen molar-refractivity contribution >= 4 is 11.9 Å². The molecule has 6 heteroatoms. The molecule has 0 bridgehead atoms. The molecule has 0 saturated carbocycles. The Kier molecular flexibility index (Phi) is 8.34. The lowest BCUT2D eigenvalue weighted by Gasteiger charge is -2.14.